The molecule has 0 aliphatic carbocycles. The monoisotopic (exact) mass is 383 g/mol. The molecule has 1 heterocycles. The zero-order valence-electron chi connectivity index (χ0n) is 14.5. The lowest BCUT2D eigenvalue weighted by Crippen LogP contribution is -2.53. The standard InChI is InChI=1S/C18H23Cl2N3O2/c1-13(2)17(12-21)22-6-8-23(9-7-22)18(24)5-10-25-14-3-4-15(19)16(20)11-14/h3-4,11,13,17H,5-10H2,1-2H3. The molecule has 1 aromatic carbocycles. The number of amides is 1. The number of nitrogens with zero attached hydrogens (tertiary/aromatic N) is 3. The second-order valence-electron chi connectivity index (χ2n) is 6.41. The number of carbonyl (C=O) groups excluding carboxylic acids is 1. The molecule has 0 aromatic heterocycles. The molecule has 0 spiro atoms. The van der Waals surface area contributed by atoms with E-state index in [1.165, 1.54) is 0 Å². The minimum atomic E-state index is -0.0877. The fourth-order valence-electron chi connectivity index (χ4n) is 2.88. The molecule has 5 nitrogen and oxygen atoms in total. The lowest BCUT2D eigenvalue weighted by Gasteiger charge is -2.38. The number of carbonyl (C=O) groups is 1. The molecule has 1 unspecified atom stereocenters. The van der Waals surface area contributed by atoms with Gasteiger partial charge in [0.25, 0.3) is 0 Å². The van der Waals surface area contributed by atoms with Gasteiger partial charge in [-0.1, -0.05) is 37.0 Å². The lowest BCUT2D eigenvalue weighted by molar-refractivity contribution is -0.133. The molecule has 1 fully saturated rings. The number of rotatable bonds is 6. The van der Waals surface area contributed by atoms with Gasteiger partial charge in [-0.15, -0.1) is 0 Å². The molecule has 1 atom stereocenters. The first kappa shape index (κ1) is 19.8. The summed E-state index contributed by atoms with van der Waals surface area (Å²) in [4.78, 5) is 16.3. The summed E-state index contributed by atoms with van der Waals surface area (Å²) in [7, 11) is 0. The first-order valence-electron chi connectivity index (χ1n) is 8.41. The Morgan fingerprint density at radius 1 is 1.24 bits per heavy atom. The van der Waals surface area contributed by atoms with Gasteiger partial charge in [0.15, 0.2) is 0 Å². The number of benzene rings is 1. The molecule has 7 heteroatoms. The molecule has 0 bridgehead atoms. The molecule has 0 N–H and O–H groups in total. The maximum atomic E-state index is 12.3. The highest BCUT2D eigenvalue weighted by atomic mass is 35.5. The maximum Gasteiger partial charge on any atom is 0.226 e. The van der Waals surface area contributed by atoms with Crippen molar-refractivity contribution in [3.8, 4) is 11.8 Å². The first-order chi connectivity index (χ1) is 11.9. The zero-order chi connectivity index (χ0) is 18.4. The molecule has 1 aliphatic heterocycles. The van der Waals surface area contributed by atoms with Crippen molar-refractivity contribution in [1.29, 1.82) is 5.26 Å². The summed E-state index contributed by atoms with van der Waals surface area (Å²) < 4.78 is 5.57. The summed E-state index contributed by atoms with van der Waals surface area (Å²) in [5.74, 6) is 0.949. The van der Waals surface area contributed by atoms with Crippen molar-refractivity contribution >= 4 is 29.1 Å². The predicted octanol–water partition coefficient (Wildman–Crippen LogP) is 3.45. The minimum absolute atomic E-state index is 0.0674. The Bertz CT molecular complexity index is 638. The molecule has 1 aliphatic rings. The third kappa shape index (κ3) is 5.50. The molecule has 1 amide bonds. The van der Waals surface area contributed by atoms with Gasteiger partial charge in [0.2, 0.25) is 5.91 Å². The van der Waals surface area contributed by atoms with Gasteiger partial charge in [-0.25, -0.2) is 0 Å². The van der Waals surface area contributed by atoms with Crippen LogP contribution in [0.5, 0.6) is 5.75 Å². The highest BCUT2D eigenvalue weighted by Gasteiger charge is 2.27. The fraction of sp³-hybridized carbons (Fsp3) is 0.556. The average molecular weight is 384 g/mol. The van der Waals surface area contributed by atoms with Gasteiger partial charge in [-0.3, -0.25) is 9.69 Å². The second-order valence-corrected chi connectivity index (χ2v) is 7.22. The largest absolute Gasteiger partial charge is 0.493 e. The van der Waals surface area contributed by atoms with Crippen molar-refractivity contribution in [1.82, 2.24) is 9.80 Å². The van der Waals surface area contributed by atoms with Crippen LogP contribution < -0.4 is 4.74 Å². The summed E-state index contributed by atoms with van der Waals surface area (Å²) in [6.45, 7) is 7.15. The number of hydrogen-bond donors (Lipinski definition) is 0. The van der Waals surface area contributed by atoms with Crippen LogP contribution in [-0.4, -0.2) is 54.5 Å². The average Bonchev–Trinajstić information content (AvgIpc) is 2.59. The number of halogens is 2. The van der Waals surface area contributed by atoms with E-state index in [9.17, 15) is 10.1 Å². The van der Waals surface area contributed by atoms with E-state index in [0.717, 1.165) is 13.1 Å². The van der Waals surface area contributed by atoms with Crippen molar-refractivity contribution in [3.05, 3.63) is 28.2 Å². The molecule has 136 valence electrons. The van der Waals surface area contributed by atoms with Crippen molar-refractivity contribution in [3.63, 3.8) is 0 Å². The van der Waals surface area contributed by atoms with Gasteiger partial charge in [-0.05, 0) is 18.1 Å². The smallest absolute Gasteiger partial charge is 0.226 e. The summed E-state index contributed by atoms with van der Waals surface area (Å²) in [5.41, 5.74) is 0. The summed E-state index contributed by atoms with van der Waals surface area (Å²) in [6, 6.07) is 7.31. The number of ether oxygens (including phenoxy) is 1. The van der Waals surface area contributed by atoms with Crippen molar-refractivity contribution < 1.29 is 9.53 Å². The van der Waals surface area contributed by atoms with E-state index in [2.05, 4.69) is 11.0 Å². The molecule has 0 saturated carbocycles. The van der Waals surface area contributed by atoms with Crippen LogP contribution in [0.25, 0.3) is 0 Å². The minimum Gasteiger partial charge on any atom is -0.493 e. The van der Waals surface area contributed by atoms with Crippen molar-refractivity contribution in [2.45, 2.75) is 26.3 Å². The Labute approximate surface area is 159 Å². The Hall–Kier alpha value is -1.48. The third-order valence-corrected chi connectivity index (χ3v) is 5.04. The van der Waals surface area contributed by atoms with Gasteiger partial charge >= 0.3 is 0 Å². The quantitative estimate of drug-likeness (QED) is 0.754. The number of hydrogen-bond acceptors (Lipinski definition) is 4. The Morgan fingerprint density at radius 2 is 1.92 bits per heavy atom. The van der Waals surface area contributed by atoms with E-state index in [1.54, 1.807) is 18.2 Å². The molecular weight excluding hydrogens is 361 g/mol. The highest BCUT2D eigenvalue weighted by Crippen LogP contribution is 2.26. The van der Waals surface area contributed by atoms with Crippen LogP contribution in [0.2, 0.25) is 10.0 Å². The SMILES string of the molecule is CC(C)C(C#N)N1CCN(C(=O)CCOc2ccc(Cl)c(Cl)c2)CC1. The first-order valence-corrected chi connectivity index (χ1v) is 9.17. The predicted molar refractivity (Wildman–Crippen MR) is 99.0 cm³/mol. The lowest BCUT2D eigenvalue weighted by atomic mass is 10.0. The van der Waals surface area contributed by atoms with Crippen LogP contribution in [-0.2, 0) is 4.79 Å². The van der Waals surface area contributed by atoms with E-state index in [-0.39, 0.29) is 17.9 Å². The van der Waals surface area contributed by atoms with Gasteiger partial charge < -0.3 is 9.64 Å². The normalized spacial score (nSPS) is 16.6. The Morgan fingerprint density at radius 3 is 2.48 bits per heavy atom. The molecule has 0 radical (unpaired) electrons. The van der Waals surface area contributed by atoms with E-state index in [1.807, 2.05) is 18.7 Å². The summed E-state index contributed by atoms with van der Waals surface area (Å²) in [6.07, 6.45) is 0.312. The highest BCUT2D eigenvalue weighted by molar-refractivity contribution is 6.42. The third-order valence-electron chi connectivity index (χ3n) is 4.30. The maximum absolute atomic E-state index is 12.3. The molecular formula is C18H23Cl2N3O2. The molecule has 1 saturated heterocycles. The van der Waals surface area contributed by atoms with E-state index < -0.39 is 0 Å². The summed E-state index contributed by atoms with van der Waals surface area (Å²) in [5, 5.41) is 10.2. The van der Waals surface area contributed by atoms with Crippen molar-refractivity contribution in [2.75, 3.05) is 32.8 Å². The Balaban J connectivity index is 1.75. The molecule has 25 heavy (non-hydrogen) atoms. The van der Waals surface area contributed by atoms with E-state index in [4.69, 9.17) is 27.9 Å². The summed E-state index contributed by atoms with van der Waals surface area (Å²) >= 11 is 11.8. The topological polar surface area (TPSA) is 56.6 Å². The van der Waals surface area contributed by atoms with E-state index >= 15 is 0 Å². The van der Waals surface area contributed by atoms with Crippen LogP contribution in [0.1, 0.15) is 20.3 Å². The number of nitriles is 1. The van der Waals surface area contributed by atoms with Gasteiger partial charge in [0, 0.05) is 32.2 Å². The van der Waals surface area contributed by atoms with Crippen LogP contribution in [0.4, 0.5) is 0 Å². The van der Waals surface area contributed by atoms with Gasteiger partial charge in [0.1, 0.15) is 11.8 Å². The number of piperazine rings is 1. The van der Waals surface area contributed by atoms with Crippen molar-refractivity contribution in [2.24, 2.45) is 5.92 Å². The van der Waals surface area contributed by atoms with Crippen LogP contribution in [0.3, 0.4) is 0 Å². The van der Waals surface area contributed by atoms with Gasteiger partial charge in [-0.2, -0.15) is 5.26 Å². The molecule has 2 rings (SSSR count). The van der Waals surface area contributed by atoms with Crippen LogP contribution >= 0.6 is 23.2 Å². The van der Waals surface area contributed by atoms with Crippen LogP contribution in [0.15, 0.2) is 18.2 Å². The fourth-order valence-corrected chi connectivity index (χ4v) is 3.17. The zero-order valence-corrected chi connectivity index (χ0v) is 16.1. The molecule has 1 aromatic rings. The van der Waals surface area contributed by atoms with E-state index in [0.29, 0.717) is 41.9 Å². The van der Waals surface area contributed by atoms with Crippen LogP contribution in [0, 0.1) is 17.2 Å². The van der Waals surface area contributed by atoms with Gasteiger partial charge in [0.05, 0.1) is 29.1 Å². The Kier molecular flexibility index (Phi) is 7.37. The second kappa shape index (κ2) is 9.28.